The molecule has 0 unspecified atom stereocenters. The minimum Gasteiger partial charge on any atom is -0.479 e. The molecule has 0 aromatic heterocycles. The molecule has 0 aliphatic rings. The van der Waals surface area contributed by atoms with Crippen molar-refractivity contribution in [1.82, 2.24) is 0 Å². The lowest BCUT2D eigenvalue weighted by molar-refractivity contribution is -0.140. The molecule has 1 aromatic carbocycles. The van der Waals surface area contributed by atoms with Gasteiger partial charge >= 0.3 is 5.97 Å². The molecule has 86 valence electrons. The quantitative estimate of drug-likeness (QED) is 0.656. The number of hydrogen-bond acceptors (Lipinski definition) is 2. The minimum absolute atomic E-state index is 0.173. The first-order chi connectivity index (χ1) is 7.44. The number of rotatable bonds is 5. The molecule has 0 spiro atoms. The van der Waals surface area contributed by atoms with E-state index in [0.29, 0.717) is 6.42 Å². The van der Waals surface area contributed by atoms with E-state index in [-0.39, 0.29) is 6.42 Å². The number of aliphatic carboxylic acids is 1. The van der Waals surface area contributed by atoms with Crippen molar-refractivity contribution < 1.29 is 14.7 Å². The molecule has 1 aromatic rings. The van der Waals surface area contributed by atoms with Gasteiger partial charge in [0.05, 0.1) is 0 Å². The average molecular weight is 350 g/mol. The number of halogens is 2. The van der Waals surface area contributed by atoms with Gasteiger partial charge in [-0.3, -0.25) is 4.79 Å². The SMILES string of the molecule is O=C(O)C(Br)(Br)C(=O)CCc1ccccc1. The van der Waals surface area contributed by atoms with Gasteiger partial charge < -0.3 is 5.11 Å². The highest BCUT2D eigenvalue weighted by molar-refractivity contribution is 9.26. The highest BCUT2D eigenvalue weighted by atomic mass is 79.9. The Morgan fingerprint density at radius 1 is 1.19 bits per heavy atom. The van der Waals surface area contributed by atoms with Gasteiger partial charge in [0.1, 0.15) is 0 Å². The highest BCUT2D eigenvalue weighted by Gasteiger charge is 2.39. The van der Waals surface area contributed by atoms with E-state index in [0.717, 1.165) is 5.56 Å². The molecule has 0 fully saturated rings. The summed E-state index contributed by atoms with van der Waals surface area (Å²) in [6, 6.07) is 9.46. The van der Waals surface area contributed by atoms with Crippen LogP contribution >= 0.6 is 31.9 Å². The number of benzene rings is 1. The Hall–Kier alpha value is -0.680. The normalized spacial score (nSPS) is 11.1. The Kier molecular flexibility index (Phi) is 4.68. The molecule has 0 radical (unpaired) electrons. The van der Waals surface area contributed by atoms with Gasteiger partial charge in [-0.25, -0.2) is 4.79 Å². The van der Waals surface area contributed by atoms with E-state index in [2.05, 4.69) is 31.9 Å². The maximum atomic E-state index is 11.6. The Balaban J connectivity index is 2.57. The van der Waals surface area contributed by atoms with Crippen molar-refractivity contribution in [1.29, 1.82) is 0 Å². The lowest BCUT2D eigenvalue weighted by atomic mass is 10.1. The fraction of sp³-hybridized carbons (Fsp3) is 0.273. The number of carbonyl (C=O) groups is 2. The van der Waals surface area contributed by atoms with Crippen LogP contribution in [0, 0.1) is 0 Å². The molecular formula is C11H10Br2O3. The maximum Gasteiger partial charge on any atom is 0.339 e. The van der Waals surface area contributed by atoms with Gasteiger partial charge in [0.25, 0.3) is 0 Å². The van der Waals surface area contributed by atoms with Crippen LogP contribution in [-0.4, -0.2) is 20.1 Å². The summed E-state index contributed by atoms with van der Waals surface area (Å²) in [5.74, 6) is -1.63. The maximum absolute atomic E-state index is 11.6. The Morgan fingerprint density at radius 3 is 2.25 bits per heavy atom. The third-order valence-electron chi connectivity index (χ3n) is 2.10. The van der Waals surface area contributed by atoms with Crippen LogP contribution in [0.25, 0.3) is 0 Å². The van der Waals surface area contributed by atoms with Crippen LogP contribution in [0.5, 0.6) is 0 Å². The number of Topliss-reactive ketones (excluding diaryl/α,β-unsaturated/α-hetero) is 1. The molecule has 0 saturated carbocycles. The first-order valence-corrected chi connectivity index (χ1v) is 6.21. The van der Waals surface area contributed by atoms with Crippen molar-refractivity contribution in [2.45, 2.75) is 16.1 Å². The van der Waals surface area contributed by atoms with Gasteiger partial charge in [-0.1, -0.05) is 62.2 Å². The van der Waals surface area contributed by atoms with Gasteiger partial charge in [0.15, 0.2) is 5.78 Å². The van der Waals surface area contributed by atoms with Gasteiger partial charge in [0, 0.05) is 6.42 Å². The van der Waals surface area contributed by atoms with Crippen LogP contribution < -0.4 is 0 Å². The Morgan fingerprint density at radius 2 is 1.75 bits per heavy atom. The van der Waals surface area contributed by atoms with E-state index >= 15 is 0 Å². The third kappa shape index (κ3) is 3.42. The number of carboxylic acid groups (broad SMARTS) is 1. The largest absolute Gasteiger partial charge is 0.479 e. The summed E-state index contributed by atoms with van der Waals surface area (Å²) in [6.07, 6.45) is 0.707. The molecule has 0 atom stereocenters. The van der Waals surface area contributed by atoms with Gasteiger partial charge in [-0.05, 0) is 12.0 Å². The summed E-state index contributed by atoms with van der Waals surface area (Å²) in [7, 11) is 0. The number of carboxylic acids is 1. The molecule has 1 N–H and O–H groups in total. The predicted molar refractivity (Wildman–Crippen MR) is 68.0 cm³/mol. The third-order valence-corrected chi connectivity index (χ3v) is 3.67. The molecule has 0 amide bonds. The lowest BCUT2D eigenvalue weighted by Gasteiger charge is -2.13. The van der Waals surface area contributed by atoms with Crippen LogP contribution in [0.1, 0.15) is 12.0 Å². The monoisotopic (exact) mass is 348 g/mol. The molecule has 0 aliphatic carbocycles. The number of aryl methyl sites for hydroxylation is 1. The van der Waals surface area contributed by atoms with Crippen molar-refractivity contribution in [3.05, 3.63) is 35.9 Å². The first-order valence-electron chi connectivity index (χ1n) is 4.63. The predicted octanol–water partition coefficient (Wildman–Crippen LogP) is 2.76. The van der Waals surface area contributed by atoms with Crippen molar-refractivity contribution >= 4 is 43.6 Å². The number of carbonyl (C=O) groups excluding carboxylic acids is 1. The summed E-state index contributed by atoms with van der Waals surface area (Å²) in [6.45, 7) is 0. The molecule has 0 saturated heterocycles. The molecule has 0 heterocycles. The zero-order valence-electron chi connectivity index (χ0n) is 8.32. The summed E-state index contributed by atoms with van der Waals surface area (Å²) in [4.78, 5) is 22.4. The van der Waals surface area contributed by atoms with Crippen molar-refractivity contribution in [2.24, 2.45) is 0 Å². The zero-order chi connectivity index (χ0) is 12.2. The average Bonchev–Trinajstić information content (AvgIpc) is 2.27. The highest BCUT2D eigenvalue weighted by Crippen LogP contribution is 2.29. The van der Waals surface area contributed by atoms with Crippen molar-refractivity contribution in [3.63, 3.8) is 0 Å². The molecular weight excluding hydrogens is 340 g/mol. The Labute approximate surface area is 110 Å². The van der Waals surface area contributed by atoms with Gasteiger partial charge in [0.2, 0.25) is 3.23 Å². The zero-order valence-corrected chi connectivity index (χ0v) is 11.5. The van der Waals surface area contributed by atoms with Crippen molar-refractivity contribution in [3.8, 4) is 0 Å². The molecule has 5 heteroatoms. The second-order valence-corrected chi connectivity index (χ2v) is 6.73. The van der Waals surface area contributed by atoms with Crippen LogP contribution in [0.4, 0.5) is 0 Å². The van der Waals surface area contributed by atoms with Crippen LogP contribution in [0.2, 0.25) is 0 Å². The van der Waals surface area contributed by atoms with E-state index in [1.165, 1.54) is 0 Å². The van der Waals surface area contributed by atoms with E-state index in [4.69, 9.17) is 5.11 Å². The fourth-order valence-electron chi connectivity index (χ4n) is 1.18. The number of ketones is 1. The Bertz CT molecular complexity index is 387. The summed E-state index contributed by atoms with van der Waals surface area (Å²) >= 11 is 5.71. The molecule has 16 heavy (non-hydrogen) atoms. The lowest BCUT2D eigenvalue weighted by Crippen LogP contribution is -2.34. The first kappa shape index (κ1) is 13.4. The summed E-state index contributed by atoms with van der Waals surface area (Å²) < 4.78 is -1.66. The van der Waals surface area contributed by atoms with E-state index < -0.39 is 15.0 Å². The second kappa shape index (κ2) is 5.59. The van der Waals surface area contributed by atoms with Crippen molar-refractivity contribution in [2.75, 3.05) is 0 Å². The fourth-order valence-corrected chi connectivity index (χ4v) is 1.58. The molecule has 3 nitrogen and oxygen atoms in total. The molecule has 1 rings (SSSR count). The smallest absolute Gasteiger partial charge is 0.339 e. The standard InChI is InChI=1S/C11H10Br2O3/c12-11(13,10(15)16)9(14)7-6-8-4-2-1-3-5-8/h1-5H,6-7H2,(H,15,16). The van der Waals surface area contributed by atoms with Gasteiger partial charge in [-0.15, -0.1) is 0 Å². The van der Waals surface area contributed by atoms with Crippen LogP contribution in [0.15, 0.2) is 30.3 Å². The number of alkyl halides is 2. The van der Waals surface area contributed by atoms with Crippen LogP contribution in [-0.2, 0) is 16.0 Å². The van der Waals surface area contributed by atoms with E-state index in [9.17, 15) is 9.59 Å². The van der Waals surface area contributed by atoms with Gasteiger partial charge in [-0.2, -0.15) is 0 Å². The van der Waals surface area contributed by atoms with E-state index in [1.807, 2.05) is 30.3 Å². The topological polar surface area (TPSA) is 54.4 Å². The summed E-state index contributed by atoms with van der Waals surface area (Å²) in [5.41, 5.74) is 1.01. The second-order valence-electron chi connectivity index (χ2n) is 3.29. The van der Waals surface area contributed by atoms with E-state index in [1.54, 1.807) is 0 Å². The molecule has 0 aliphatic heterocycles. The minimum atomic E-state index is -1.66. The number of hydrogen-bond donors (Lipinski definition) is 1. The van der Waals surface area contributed by atoms with Crippen LogP contribution in [0.3, 0.4) is 0 Å². The summed E-state index contributed by atoms with van der Waals surface area (Å²) in [5, 5.41) is 8.79. The molecule has 0 bridgehead atoms.